The lowest BCUT2D eigenvalue weighted by atomic mass is 10.0. The van der Waals surface area contributed by atoms with Crippen molar-refractivity contribution in [1.29, 1.82) is 0 Å². The van der Waals surface area contributed by atoms with Crippen molar-refractivity contribution >= 4 is 11.9 Å². The first kappa shape index (κ1) is 10.2. The molecule has 0 heterocycles. The van der Waals surface area contributed by atoms with Crippen LogP contribution in [0.1, 0.15) is 15.9 Å². The van der Waals surface area contributed by atoms with Gasteiger partial charge >= 0.3 is 5.97 Å². The Labute approximate surface area is 80.0 Å². The van der Waals surface area contributed by atoms with Crippen LogP contribution in [-0.2, 0) is 16.1 Å². The molecular weight excluding hydrogens is 186 g/mol. The van der Waals surface area contributed by atoms with Crippen molar-refractivity contribution in [2.75, 3.05) is 0 Å². The summed E-state index contributed by atoms with van der Waals surface area (Å²) in [6.07, 6.45) is -0.185. The molecule has 14 heavy (non-hydrogen) atoms. The summed E-state index contributed by atoms with van der Waals surface area (Å²) in [5, 5.41) is 8.06. The fraction of sp³-hybridized carbons (Fsp3) is 0.111. The second kappa shape index (κ2) is 4.38. The standard InChI is InChI=1S/C9H9NO4/c10-9(12)7-4-2-1-3-6(7)5-8(11)14-13/h1-4,13H,5H2,(H2,10,12). The number of hydrogen-bond acceptors (Lipinski definition) is 4. The van der Waals surface area contributed by atoms with Gasteiger partial charge in [0.2, 0.25) is 5.91 Å². The Morgan fingerprint density at radius 3 is 2.57 bits per heavy atom. The Morgan fingerprint density at radius 1 is 1.36 bits per heavy atom. The maximum atomic E-state index is 10.9. The largest absolute Gasteiger partial charge is 0.366 e. The molecule has 0 spiro atoms. The van der Waals surface area contributed by atoms with E-state index in [2.05, 4.69) is 4.89 Å². The summed E-state index contributed by atoms with van der Waals surface area (Å²) in [6, 6.07) is 6.36. The molecule has 1 rings (SSSR count). The maximum Gasteiger partial charge on any atom is 0.346 e. The van der Waals surface area contributed by atoms with Gasteiger partial charge < -0.3 is 10.6 Å². The fourth-order valence-electron chi connectivity index (χ4n) is 1.10. The van der Waals surface area contributed by atoms with Gasteiger partial charge in [-0.15, -0.1) is 0 Å². The molecule has 0 fully saturated rings. The van der Waals surface area contributed by atoms with Gasteiger partial charge in [0.1, 0.15) is 0 Å². The minimum absolute atomic E-state index is 0.185. The summed E-state index contributed by atoms with van der Waals surface area (Å²) in [6.45, 7) is 0. The van der Waals surface area contributed by atoms with Crippen molar-refractivity contribution in [3.8, 4) is 0 Å². The molecule has 0 radical (unpaired) electrons. The minimum Gasteiger partial charge on any atom is -0.366 e. The van der Waals surface area contributed by atoms with Crippen LogP contribution >= 0.6 is 0 Å². The van der Waals surface area contributed by atoms with Gasteiger partial charge in [-0.3, -0.25) is 4.79 Å². The van der Waals surface area contributed by atoms with E-state index < -0.39 is 11.9 Å². The summed E-state index contributed by atoms with van der Waals surface area (Å²) < 4.78 is 0. The lowest BCUT2D eigenvalue weighted by molar-refractivity contribution is -0.233. The van der Waals surface area contributed by atoms with Gasteiger partial charge in [0.25, 0.3) is 0 Å². The zero-order valence-corrected chi connectivity index (χ0v) is 7.27. The van der Waals surface area contributed by atoms with Crippen LogP contribution in [-0.4, -0.2) is 17.1 Å². The SMILES string of the molecule is NC(=O)c1ccccc1CC(=O)OO. The van der Waals surface area contributed by atoms with Gasteiger partial charge in [0.15, 0.2) is 0 Å². The molecule has 0 aromatic heterocycles. The van der Waals surface area contributed by atoms with E-state index in [1.54, 1.807) is 18.2 Å². The third-order valence-corrected chi connectivity index (χ3v) is 1.72. The Hall–Kier alpha value is -1.88. The van der Waals surface area contributed by atoms with Crippen molar-refractivity contribution in [1.82, 2.24) is 0 Å². The molecule has 0 aliphatic rings. The predicted octanol–water partition coefficient (Wildman–Crippen LogP) is 0.344. The molecular formula is C9H9NO4. The molecule has 0 saturated heterocycles. The highest BCUT2D eigenvalue weighted by Gasteiger charge is 2.11. The second-order valence-electron chi connectivity index (χ2n) is 2.66. The quantitative estimate of drug-likeness (QED) is 0.537. The van der Waals surface area contributed by atoms with E-state index in [0.29, 0.717) is 5.56 Å². The Balaban J connectivity index is 2.95. The fourth-order valence-corrected chi connectivity index (χ4v) is 1.10. The average Bonchev–Trinajstić information content (AvgIpc) is 2.18. The average molecular weight is 195 g/mol. The zero-order valence-electron chi connectivity index (χ0n) is 7.27. The van der Waals surface area contributed by atoms with Crippen molar-refractivity contribution < 1.29 is 19.7 Å². The second-order valence-corrected chi connectivity index (χ2v) is 2.66. The molecule has 0 bridgehead atoms. The van der Waals surface area contributed by atoms with Gasteiger partial charge in [-0.05, 0) is 11.6 Å². The van der Waals surface area contributed by atoms with Crippen LogP contribution in [0.5, 0.6) is 0 Å². The highest BCUT2D eigenvalue weighted by atomic mass is 17.1. The van der Waals surface area contributed by atoms with E-state index >= 15 is 0 Å². The lowest BCUT2D eigenvalue weighted by Gasteiger charge is -2.03. The number of amides is 1. The van der Waals surface area contributed by atoms with Crippen LogP contribution < -0.4 is 5.73 Å². The summed E-state index contributed by atoms with van der Waals surface area (Å²) >= 11 is 0. The number of carbonyl (C=O) groups is 2. The van der Waals surface area contributed by atoms with E-state index in [1.165, 1.54) is 6.07 Å². The van der Waals surface area contributed by atoms with E-state index in [0.717, 1.165) is 0 Å². The highest BCUT2D eigenvalue weighted by molar-refractivity contribution is 5.95. The van der Waals surface area contributed by atoms with Crippen LogP contribution in [0.2, 0.25) is 0 Å². The monoisotopic (exact) mass is 195 g/mol. The Bertz CT molecular complexity index is 362. The molecule has 5 heteroatoms. The summed E-state index contributed by atoms with van der Waals surface area (Å²) in [4.78, 5) is 25.1. The van der Waals surface area contributed by atoms with E-state index in [9.17, 15) is 9.59 Å². The first-order valence-corrected chi connectivity index (χ1v) is 3.87. The van der Waals surface area contributed by atoms with E-state index in [4.69, 9.17) is 11.0 Å². The molecule has 0 saturated carbocycles. The van der Waals surface area contributed by atoms with Gasteiger partial charge in [0, 0.05) is 5.56 Å². The molecule has 1 aromatic rings. The number of primary amides is 1. The molecule has 3 N–H and O–H groups in total. The van der Waals surface area contributed by atoms with Crippen molar-refractivity contribution in [3.63, 3.8) is 0 Å². The lowest BCUT2D eigenvalue weighted by Crippen LogP contribution is -2.16. The van der Waals surface area contributed by atoms with Crippen molar-refractivity contribution in [2.24, 2.45) is 5.73 Å². The first-order valence-electron chi connectivity index (χ1n) is 3.87. The van der Waals surface area contributed by atoms with Gasteiger partial charge in [-0.2, -0.15) is 5.26 Å². The smallest absolute Gasteiger partial charge is 0.346 e. The van der Waals surface area contributed by atoms with Gasteiger partial charge in [-0.1, -0.05) is 18.2 Å². The Kier molecular flexibility index (Phi) is 3.19. The molecule has 0 atom stereocenters. The van der Waals surface area contributed by atoms with E-state index in [1.807, 2.05) is 0 Å². The maximum absolute atomic E-state index is 10.9. The summed E-state index contributed by atoms with van der Waals surface area (Å²) in [5.41, 5.74) is 5.76. The molecule has 0 unspecified atom stereocenters. The van der Waals surface area contributed by atoms with E-state index in [-0.39, 0.29) is 12.0 Å². The number of hydrogen-bond donors (Lipinski definition) is 2. The molecule has 5 nitrogen and oxygen atoms in total. The minimum atomic E-state index is -0.835. The summed E-state index contributed by atoms with van der Waals surface area (Å²) in [5.74, 6) is -1.45. The zero-order chi connectivity index (χ0) is 10.6. The Morgan fingerprint density at radius 2 is 2.00 bits per heavy atom. The van der Waals surface area contributed by atoms with Crippen LogP contribution in [0.15, 0.2) is 24.3 Å². The number of benzene rings is 1. The highest BCUT2D eigenvalue weighted by Crippen LogP contribution is 2.09. The normalized spacial score (nSPS) is 9.50. The van der Waals surface area contributed by atoms with Crippen LogP contribution in [0.3, 0.4) is 0 Å². The van der Waals surface area contributed by atoms with Crippen LogP contribution in [0.25, 0.3) is 0 Å². The predicted molar refractivity (Wildman–Crippen MR) is 47.4 cm³/mol. The van der Waals surface area contributed by atoms with Crippen LogP contribution in [0.4, 0.5) is 0 Å². The van der Waals surface area contributed by atoms with Gasteiger partial charge in [0.05, 0.1) is 6.42 Å². The van der Waals surface area contributed by atoms with Crippen molar-refractivity contribution in [3.05, 3.63) is 35.4 Å². The van der Waals surface area contributed by atoms with Gasteiger partial charge in [-0.25, -0.2) is 4.79 Å². The first-order chi connectivity index (χ1) is 6.65. The number of rotatable bonds is 3. The van der Waals surface area contributed by atoms with Crippen molar-refractivity contribution in [2.45, 2.75) is 6.42 Å². The summed E-state index contributed by atoms with van der Waals surface area (Å²) in [7, 11) is 0. The third kappa shape index (κ3) is 2.30. The molecule has 0 aliphatic heterocycles. The third-order valence-electron chi connectivity index (χ3n) is 1.72. The molecule has 0 aliphatic carbocycles. The number of nitrogens with two attached hydrogens (primary N) is 1. The topological polar surface area (TPSA) is 89.6 Å². The molecule has 1 amide bonds. The molecule has 1 aromatic carbocycles. The molecule has 74 valence electrons. The number of carbonyl (C=O) groups excluding carboxylic acids is 2. The van der Waals surface area contributed by atoms with Crippen LogP contribution in [0, 0.1) is 0 Å².